The number of ether oxygens (including phenoxy) is 2. The van der Waals surface area contributed by atoms with Crippen molar-refractivity contribution in [2.24, 2.45) is 0 Å². The van der Waals surface area contributed by atoms with Crippen LogP contribution in [-0.4, -0.2) is 47.8 Å². The molecule has 0 radical (unpaired) electrons. The average Bonchev–Trinajstić information content (AvgIpc) is 2.40. The molecule has 0 unspecified atom stereocenters. The Morgan fingerprint density at radius 3 is 2.33 bits per heavy atom. The van der Waals surface area contributed by atoms with Crippen molar-refractivity contribution >= 4 is 9.84 Å². The minimum Gasteiger partial charge on any atom is -0.355 e. The lowest BCUT2D eigenvalue weighted by molar-refractivity contribution is -0.0984. The normalized spacial score (nSPS) is 11.9. The summed E-state index contributed by atoms with van der Waals surface area (Å²) in [6.07, 6.45) is -0.357. The predicted molar refractivity (Wildman–Crippen MR) is 69.2 cm³/mol. The molecule has 0 amide bonds. The van der Waals surface area contributed by atoms with Gasteiger partial charge in [-0.25, -0.2) is 8.42 Å². The molecule has 6 heteroatoms. The molecule has 0 fully saturated rings. The van der Waals surface area contributed by atoms with Crippen LogP contribution < -0.4 is 5.32 Å². The van der Waals surface area contributed by atoms with Gasteiger partial charge in [0.15, 0.2) is 16.1 Å². The Hall–Kier alpha value is -0.950. The van der Waals surface area contributed by atoms with Crippen LogP contribution in [0, 0.1) is 0 Å². The molecule has 0 aliphatic rings. The second kappa shape index (κ2) is 7.48. The Bertz CT molecular complexity index is 429. The van der Waals surface area contributed by atoms with Crippen LogP contribution >= 0.6 is 0 Å². The Kier molecular flexibility index (Phi) is 6.28. The van der Waals surface area contributed by atoms with Crippen LogP contribution in [0.2, 0.25) is 0 Å². The van der Waals surface area contributed by atoms with Crippen LogP contribution in [-0.2, 0) is 19.3 Å². The molecule has 0 spiro atoms. The molecule has 1 aromatic carbocycles. The van der Waals surface area contributed by atoms with Crippen LogP contribution in [0.4, 0.5) is 0 Å². The van der Waals surface area contributed by atoms with Crippen LogP contribution in [0.5, 0.6) is 0 Å². The van der Waals surface area contributed by atoms with Crippen molar-refractivity contribution in [3.8, 4) is 0 Å². The number of methoxy groups -OCH3 is 2. The molecule has 0 heterocycles. The summed E-state index contributed by atoms with van der Waals surface area (Å²) in [6.45, 7) is 0.817. The van der Waals surface area contributed by atoms with E-state index in [2.05, 4.69) is 5.32 Å². The summed E-state index contributed by atoms with van der Waals surface area (Å²) >= 11 is 0. The van der Waals surface area contributed by atoms with Crippen LogP contribution in [0.25, 0.3) is 0 Å². The summed E-state index contributed by atoms with van der Waals surface area (Å²) in [5.74, 6) is 0.0527. The minimum absolute atomic E-state index is 0.0527. The Morgan fingerprint density at radius 2 is 1.78 bits per heavy atom. The summed E-state index contributed by atoms with van der Waals surface area (Å²) in [6, 6.07) is 8.42. The minimum atomic E-state index is -3.22. The average molecular weight is 273 g/mol. The van der Waals surface area contributed by atoms with Gasteiger partial charge in [0.1, 0.15) is 0 Å². The third-order valence-corrected chi connectivity index (χ3v) is 4.22. The number of hydrogen-bond donors (Lipinski definition) is 1. The van der Waals surface area contributed by atoms with Gasteiger partial charge in [0, 0.05) is 27.3 Å². The fourth-order valence-corrected chi connectivity index (χ4v) is 2.66. The Balaban J connectivity index is 2.40. The van der Waals surface area contributed by atoms with E-state index in [0.29, 0.717) is 18.0 Å². The molecule has 0 aromatic heterocycles. The predicted octanol–water partition coefficient (Wildman–Crippen LogP) is 0.669. The summed E-state index contributed by atoms with van der Waals surface area (Å²) < 4.78 is 33.8. The SMILES string of the molecule is COC(CNCCS(=O)(=O)c1ccccc1)OC. The topological polar surface area (TPSA) is 64.6 Å². The van der Waals surface area contributed by atoms with E-state index < -0.39 is 9.84 Å². The molecule has 0 aliphatic carbocycles. The van der Waals surface area contributed by atoms with Crippen molar-refractivity contribution in [3.05, 3.63) is 30.3 Å². The molecular formula is C12H19NO4S. The zero-order valence-electron chi connectivity index (χ0n) is 10.6. The molecule has 102 valence electrons. The lowest BCUT2D eigenvalue weighted by atomic mass is 10.4. The highest BCUT2D eigenvalue weighted by molar-refractivity contribution is 7.91. The molecular weight excluding hydrogens is 254 g/mol. The fraction of sp³-hybridized carbons (Fsp3) is 0.500. The van der Waals surface area contributed by atoms with Gasteiger partial charge in [-0.3, -0.25) is 0 Å². The van der Waals surface area contributed by atoms with E-state index in [1.165, 1.54) is 14.2 Å². The van der Waals surface area contributed by atoms with Gasteiger partial charge in [0.05, 0.1) is 10.6 Å². The molecule has 18 heavy (non-hydrogen) atoms. The van der Waals surface area contributed by atoms with Gasteiger partial charge < -0.3 is 14.8 Å². The summed E-state index contributed by atoms with van der Waals surface area (Å²) in [4.78, 5) is 0.349. The number of nitrogens with one attached hydrogen (secondary N) is 1. The van der Waals surface area contributed by atoms with Crippen molar-refractivity contribution in [2.75, 3.05) is 33.1 Å². The lowest BCUT2D eigenvalue weighted by Gasteiger charge is -2.13. The molecule has 0 bridgehead atoms. The zero-order valence-corrected chi connectivity index (χ0v) is 11.4. The van der Waals surface area contributed by atoms with Crippen LogP contribution in [0.3, 0.4) is 0 Å². The van der Waals surface area contributed by atoms with E-state index >= 15 is 0 Å². The van der Waals surface area contributed by atoms with E-state index in [0.717, 1.165) is 0 Å². The first-order valence-electron chi connectivity index (χ1n) is 5.64. The molecule has 5 nitrogen and oxygen atoms in total. The highest BCUT2D eigenvalue weighted by Gasteiger charge is 2.13. The van der Waals surface area contributed by atoms with E-state index in [4.69, 9.17) is 9.47 Å². The van der Waals surface area contributed by atoms with Gasteiger partial charge in [0.2, 0.25) is 0 Å². The van der Waals surface area contributed by atoms with Crippen molar-refractivity contribution in [1.29, 1.82) is 0 Å². The molecule has 0 aliphatic heterocycles. The maximum Gasteiger partial charge on any atom is 0.179 e. The number of benzene rings is 1. The second-order valence-corrected chi connectivity index (χ2v) is 5.85. The van der Waals surface area contributed by atoms with Gasteiger partial charge >= 0.3 is 0 Å². The molecule has 1 aromatic rings. The summed E-state index contributed by atoms with van der Waals surface area (Å²) in [5.41, 5.74) is 0. The molecule has 0 saturated carbocycles. The van der Waals surface area contributed by atoms with Crippen molar-refractivity contribution in [2.45, 2.75) is 11.2 Å². The van der Waals surface area contributed by atoms with Crippen LogP contribution in [0.1, 0.15) is 0 Å². The van der Waals surface area contributed by atoms with Gasteiger partial charge in [-0.15, -0.1) is 0 Å². The highest BCUT2D eigenvalue weighted by Crippen LogP contribution is 2.09. The number of hydrogen-bond acceptors (Lipinski definition) is 5. The van der Waals surface area contributed by atoms with Gasteiger partial charge in [-0.1, -0.05) is 18.2 Å². The monoisotopic (exact) mass is 273 g/mol. The molecule has 1 rings (SSSR count). The third-order valence-electron chi connectivity index (χ3n) is 2.49. The number of rotatable bonds is 8. The largest absolute Gasteiger partial charge is 0.355 e. The Labute approximate surface area is 108 Å². The molecule has 0 saturated heterocycles. The Morgan fingerprint density at radius 1 is 1.17 bits per heavy atom. The lowest BCUT2D eigenvalue weighted by Crippen LogP contribution is -2.32. The second-order valence-electron chi connectivity index (χ2n) is 3.74. The van der Waals surface area contributed by atoms with E-state index in [1.54, 1.807) is 30.3 Å². The van der Waals surface area contributed by atoms with Gasteiger partial charge in [-0.05, 0) is 12.1 Å². The van der Waals surface area contributed by atoms with Gasteiger partial charge in [0.25, 0.3) is 0 Å². The highest BCUT2D eigenvalue weighted by atomic mass is 32.2. The van der Waals surface area contributed by atoms with E-state index in [9.17, 15) is 8.42 Å². The van der Waals surface area contributed by atoms with Crippen LogP contribution in [0.15, 0.2) is 35.2 Å². The summed E-state index contributed by atoms with van der Waals surface area (Å²) in [7, 11) is -0.139. The van der Waals surface area contributed by atoms with Crippen molar-refractivity contribution < 1.29 is 17.9 Å². The maximum atomic E-state index is 11.9. The molecule has 1 N–H and O–H groups in total. The maximum absolute atomic E-state index is 11.9. The smallest absolute Gasteiger partial charge is 0.179 e. The first-order valence-corrected chi connectivity index (χ1v) is 7.29. The van der Waals surface area contributed by atoms with Crippen molar-refractivity contribution in [3.63, 3.8) is 0 Å². The van der Waals surface area contributed by atoms with Crippen molar-refractivity contribution in [1.82, 2.24) is 5.32 Å². The zero-order chi connectivity index (χ0) is 13.4. The first kappa shape index (κ1) is 15.1. The molecule has 0 atom stereocenters. The first-order chi connectivity index (χ1) is 8.60. The fourth-order valence-electron chi connectivity index (χ4n) is 1.44. The van der Waals surface area contributed by atoms with Gasteiger partial charge in [-0.2, -0.15) is 0 Å². The van der Waals surface area contributed by atoms with E-state index in [1.807, 2.05) is 0 Å². The summed E-state index contributed by atoms with van der Waals surface area (Å²) in [5, 5.41) is 2.98. The quantitative estimate of drug-likeness (QED) is 0.557. The third kappa shape index (κ3) is 4.73. The standard InChI is InChI=1S/C12H19NO4S/c1-16-12(17-2)10-13-8-9-18(14,15)11-6-4-3-5-7-11/h3-7,12-13H,8-10H2,1-2H3. The van der Waals surface area contributed by atoms with E-state index in [-0.39, 0.29) is 12.0 Å². The number of sulfone groups is 1.